The van der Waals surface area contributed by atoms with Crippen molar-refractivity contribution in [2.45, 2.75) is 44.7 Å². The van der Waals surface area contributed by atoms with Gasteiger partial charge in [0.15, 0.2) is 5.69 Å². The van der Waals surface area contributed by atoms with Crippen LogP contribution in [0.1, 0.15) is 47.6 Å². The van der Waals surface area contributed by atoms with Crippen molar-refractivity contribution in [2.24, 2.45) is 0 Å². The van der Waals surface area contributed by atoms with Gasteiger partial charge >= 0.3 is 12.0 Å². The molecule has 0 radical (unpaired) electrons. The number of thiazole rings is 1. The van der Waals surface area contributed by atoms with Gasteiger partial charge in [-0.15, -0.1) is 11.3 Å². The molecule has 2 aromatic rings. The van der Waals surface area contributed by atoms with Crippen molar-refractivity contribution in [3.63, 3.8) is 0 Å². The molecule has 0 bridgehead atoms. The van der Waals surface area contributed by atoms with Gasteiger partial charge in [-0.3, -0.25) is 0 Å². The summed E-state index contributed by atoms with van der Waals surface area (Å²) < 4.78 is 10.1. The molecule has 0 aliphatic heterocycles. The van der Waals surface area contributed by atoms with Gasteiger partial charge in [-0.25, -0.2) is 14.6 Å². The summed E-state index contributed by atoms with van der Waals surface area (Å²) in [7, 11) is 2.91. The Morgan fingerprint density at radius 2 is 1.96 bits per heavy atom. The molecule has 0 saturated heterocycles. The van der Waals surface area contributed by atoms with E-state index in [4.69, 9.17) is 9.47 Å². The molecule has 1 aliphatic rings. The Labute approximate surface area is 168 Å². The molecular weight excluding hydrogens is 378 g/mol. The summed E-state index contributed by atoms with van der Waals surface area (Å²) in [6, 6.07) is 7.29. The van der Waals surface area contributed by atoms with Crippen LogP contribution >= 0.6 is 11.3 Å². The van der Waals surface area contributed by atoms with E-state index < -0.39 is 5.97 Å². The van der Waals surface area contributed by atoms with Crippen LogP contribution in [-0.4, -0.2) is 42.1 Å². The van der Waals surface area contributed by atoms with Crippen LogP contribution in [0.25, 0.3) is 0 Å². The molecule has 8 heteroatoms. The Bertz CT molecular complexity index is 817. The molecule has 1 fully saturated rings. The minimum absolute atomic E-state index is 0.147. The van der Waals surface area contributed by atoms with Crippen molar-refractivity contribution in [1.82, 2.24) is 9.88 Å². The SMILES string of the molecule is COC(=O)c1csc(CN(C(=O)Nc2ccccc2OC)C2CCCCC2)n1. The predicted octanol–water partition coefficient (Wildman–Crippen LogP) is 4.31. The second-order valence-corrected chi connectivity index (χ2v) is 7.61. The Morgan fingerprint density at radius 3 is 2.68 bits per heavy atom. The molecular formula is C20H25N3O4S. The van der Waals surface area contributed by atoms with Crippen LogP contribution in [0.4, 0.5) is 10.5 Å². The number of hydrogen-bond donors (Lipinski definition) is 1. The van der Waals surface area contributed by atoms with Crippen LogP contribution < -0.4 is 10.1 Å². The van der Waals surface area contributed by atoms with Crippen molar-refractivity contribution in [2.75, 3.05) is 19.5 Å². The van der Waals surface area contributed by atoms with E-state index in [1.54, 1.807) is 12.5 Å². The van der Waals surface area contributed by atoms with E-state index in [1.165, 1.54) is 24.9 Å². The number of nitrogens with one attached hydrogen (secondary N) is 1. The number of para-hydroxylation sites is 2. The standard InChI is InChI=1S/C20H25N3O4S/c1-26-17-11-7-6-10-15(17)22-20(25)23(14-8-4-3-5-9-14)12-18-21-16(13-28-18)19(24)27-2/h6-7,10-11,13-14H,3-5,8-9,12H2,1-2H3,(H,22,25). The Morgan fingerprint density at radius 1 is 1.21 bits per heavy atom. The molecule has 150 valence electrons. The summed E-state index contributed by atoms with van der Waals surface area (Å²) in [5.74, 6) is 0.145. The number of amides is 2. The number of carbonyl (C=O) groups is 2. The highest BCUT2D eigenvalue weighted by Gasteiger charge is 2.27. The normalized spacial score (nSPS) is 14.4. The highest BCUT2D eigenvalue weighted by atomic mass is 32.1. The quantitative estimate of drug-likeness (QED) is 0.727. The van der Waals surface area contributed by atoms with Crippen LogP contribution in [0.3, 0.4) is 0 Å². The van der Waals surface area contributed by atoms with E-state index in [1.807, 2.05) is 29.2 Å². The third-order valence-electron chi connectivity index (χ3n) is 4.88. The molecule has 1 aliphatic carbocycles. The summed E-state index contributed by atoms with van der Waals surface area (Å²) in [5.41, 5.74) is 0.904. The van der Waals surface area contributed by atoms with Crippen LogP contribution in [-0.2, 0) is 11.3 Å². The van der Waals surface area contributed by atoms with E-state index in [0.717, 1.165) is 25.7 Å². The van der Waals surface area contributed by atoms with Crippen molar-refractivity contribution in [3.05, 3.63) is 40.3 Å². The van der Waals surface area contributed by atoms with Gasteiger partial charge in [0, 0.05) is 11.4 Å². The summed E-state index contributed by atoms with van der Waals surface area (Å²) in [4.78, 5) is 31.0. The zero-order valence-electron chi connectivity index (χ0n) is 16.1. The second-order valence-electron chi connectivity index (χ2n) is 6.67. The first-order valence-electron chi connectivity index (χ1n) is 9.35. The third-order valence-corrected chi connectivity index (χ3v) is 5.71. The molecule has 1 N–H and O–H groups in total. The van der Waals surface area contributed by atoms with Gasteiger partial charge in [0.1, 0.15) is 10.8 Å². The van der Waals surface area contributed by atoms with Crippen molar-refractivity contribution in [1.29, 1.82) is 0 Å². The van der Waals surface area contributed by atoms with E-state index in [2.05, 4.69) is 10.3 Å². The average Bonchev–Trinajstić information content (AvgIpc) is 3.21. The van der Waals surface area contributed by atoms with E-state index in [-0.39, 0.29) is 17.8 Å². The van der Waals surface area contributed by atoms with Crippen molar-refractivity contribution >= 4 is 29.0 Å². The van der Waals surface area contributed by atoms with Crippen LogP contribution in [0.5, 0.6) is 5.75 Å². The van der Waals surface area contributed by atoms with E-state index >= 15 is 0 Å². The molecule has 0 unspecified atom stereocenters. The fourth-order valence-electron chi connectivity index (χ4n) is 3.42. The lowest BCUT2D eigenvalue weighted by atomic mass is 9.94. The molecule has 1 heterocycles. The largest absolute Gasteiger partial charge is 0.495 e. The fraction of sp³-hybridized carbons (Fsp3) is 0.450. The number of benzene rings is 1. The first-order chi connectivity index (χ1) is 13.6. The maximum atomic E-state index is 13.1. The van der Waals surface area contributed by atoms with Gasteiger partial charge < -0.3 is 19.7 Å². The maximum Gasteiger partial charge on any atom is 0.357 e. The van der Waals surface area contributed by atoms with Crippen LogP contribution in [0.2, 0.25) is 0 Å². The zero-order valence-corrected chi connectivity index (χ0v) is 17.0. The lowest BCUT2D eigenvalue weighted by Gasteiger charge is -2.34. The predicted molar refractivity (Wildman–Crippen MR) is 108 cm³/mol. The lowest BCUT2D eigenvalue weighted by Crippen LogP contribution is -2.43. The van der Waals surface area contributed by atoms with Crippen LogP contribution in [0.15, 0.2) is 29.6 Å². The molecule has 1 aromatic carbocycles. The number of ether oxygens (including phenoxy) is 2. The summed E-state index contributed by atoms with van der Waals surface area (Å²) in [6.07, 6.45) is 5.34. The van der Waals surface area contributed by atoms with Gasteiger partial charge in [-0.05, 0) is 25.0 Å². The second kappa shape index (κ2) is 9.54. The molecule has 7 nitrogen and oxygen atoms in total. The molecule has 0 atom stereocenters. The number of anilines is 1. The minimum atomic E-state index is -0.467. The molecule has 0 spiro atoms. The molecule has 3 rings (SSSR count). The zero-order chi connectivity index (χ0) is 19.9. The third kappa shape index (κ3) is 4.81. The Hall–Kier alpha value is -2.61. The fourth-order valence-corrected chi connectivity index (χ4v) is 4.18. The van der Waals surface area contributed by atoms with Crippen molar-refractivity contribution < 1.29 is 19.1 Å². The summed E-state index contributed by atoms with van der Waals surface area (Å²) in [6.45, 7) is 0.354. The number of methoxy groups -OCH3 is 2. The molecule has 1 saturated carbocycles. The summed E-state index contributed by atoms with van der Waals surface area (Å²) in [5, 5.41) is 5.34. The van der Waals surface area contributed by atoms with Crippen molar-refractivity contribution in [3.8, 4) is 5.75 Å². The summed E-state index contributed by atoms with van der Waals surface area (Å²) >= 11 is 1.36. The Balaban J connectivity index is 1.79. The van der Waals surface area contributed by atoms with E-state index in [0.29, 0.717) is 23.0 Å². The highest BCUT2D eigenvalue weighted by molar-refractivity contribution is 7.09. The van der Waals surface area contributed by atoms with Gasteiger partial charge in [-0.2, -0.15) is 0 Å². The van der Waals surface area contributed by atoms with Gasteiger partial charge in [0.25, 0.3) is 0 Å². The molecule has 2 amide bonds. The number of aromatic nitrogens is 1. The van der Waals surface area contributed by atoms with Gasteiger partial charge in [0.05, 0.1) is 26.5 Å². The van der Waals surface area contributed by atoms with Gasteiger partial charge in [-0.1, -0.05) is 31.4 Å². The molecule has 28 heavy (non-hydrogen) atoms. The number of rotatable bonds is 6. The smallest absolute Gasteiger partial charge is 0.357 e. The first kappa shape index (κ1) is 20.1. The number of esters is 1. The number of nitrogens with zero attached hydrogens (tertiary/aromatic N) is 2. The van der Waals surface area contributed by atoms with Gasteiger partial charge in [0.2, 0.25) is 0 Å². The highest BCUT2D eigenvalue weighted by Crippen LogP contribution is 2.28. The lowest BCUT2D eigenvalue weighted by molar-refractivity contribution is 0.0594. The first-order valence-corrected chi connectivity index (χ1v) is 10.2. The van der Waals surface area contributed by atoms with Crippen LogP contribution in [0, 0.1) is 0 Å². The minimum Gasteiger partial charge on any atom is -0.495 e. The number of urea groups is 1. The topological polar surface area (TPSA) is 80.8 Å². The molecule has 1 aromatic heterocycles. The van der Waals surface area contributed by atoms with E-state index in [9.17, 15) is 9.59 Å². The average molecular weight is 404 g/mol. The monoisotopic (exact) mass is 403 g/mol. The number of carbonyl (C=O) groups excluding carboxylic acids is 2. The maximum absolute atomic E-state index is 13.1. The Kier molecular flexibility index (Phi) is 6.86. The number of hydrogen-bond acceptors (Lipinski definition) is 6.